The molecule has 0 aliphatic carbocycles. The Balaban J connectivity index is 3.42. The molecule has 0 spiro atoms. The first-order valence-corrected chi connectivity index (χ1v) is 3.81. The van der Waals surface area contributed by atoms with Gasteiger partial charge < -0.3 is 5.11 Å². The molecule has 1 N–H and O–H groups in total. The molecule has 0 unspecified atom stereocenters. The van der Waals surface area contributed by atoms with Crippen LogP contribution in [-0.2, 0) is 0 Å². The number of aromatic carboxylic acids is 1. The van der Waals surface area contributed by atoms with Gasteiger partial charge in [-0.05, 0) is 37.1 Å². The zero-order valence-corrected chi connectivity index (χ0v) is 7.46. The van der Waals surface area contributed by atoms with Crippen molar-refractivity contribution in [2.45, 2.75) is 13.8 Å². The maximum atomic E-state index is 10.8. The van der Waals surface area contributed by atoms with Crippen molar-refractivity contribution in [3.8, 4) is 6.07 Å². The Morgan fingerprint density at radius 1 is 1.38 bits per heavy atom. The number of nitriles is 1. The van der Waals surface area contributed by atoms with Crippen molar-refractivity contribution in [1.82, 2.24) is 0 Å². The molecule has 3 nitrogen and oxygen atoms in total. The van der Waals surface area contributed by atoms with Crippen molar-refractivity contribution >= 4 is 5.97 Å². The second kappa shape index (κ2) is 3.28. The fourth-order valence-electron chi connectivity index (χ4n) is 1.37. The molecule has 1 rings (SSSR count). The minimum absolute atomic E-state index is 0.291. The summed E-state index contributed by atoms with van der Waals surface area (Å²) in [6.07, 6.45) is 0. The average molecular weight is 175 g/mol. The van der Waals surface area contributed by atoms with E-state index >= 15 is 0 Å². The lowest BCUT2D eigenvalue weighted by Gasteiger charge is -2.04. The largest absolute Gasteiger partial charge is 0.478 e. The molecule has 0 aromatic heterocycles. The SMILES string of the molecule is Cc1cc(C#N)cc(C)c1C(=O)O. The van der Waals surface area contributed by atoms with Gasteiger partial charge in [-0.3, -0.25) is 0 Å². The fourth-order valence-corrected chi connectivity index (χ4v) is 1.37. The van der Waals surface area contributed by atoms with Gasteiger partial charge in [-0.1, -0.05) is 0 Å². The first-order valence-electron chi connectivity index (χ1n) is 3.81. The summed E-state index contributed by atoms with van der Waals surface area (Å²) in [5.41, 5.74) is 2.05. The van der Waals surface area contributed by atoms with Crippen molar-refractivity contribution in [3.05, 3.63) is 34.4 Å². The van der Waals surface area contributed by atoms with E-state index in [0.29, 0.717) is 22.3 Å². The standard InChI is InChI=1S/C10H9NO2/c1-6-3-8(5-11)4-7(2)9(6)10(12)13/h3-4H,1-2H3,(H,12,13). The Bertz CT molecular complexity index is 379. The second-order valence-electron chi connectivity index (χ2n) is 2.90. The summed E-state index contributed by atoms with van der Waals surface area (Å²) in [4.78, 5) is 10.8. The highest BCUT2D eigenvalue weighted by Gasteiger charge is 2.11. The lowest BCUT2D eigenvalue weighted by atomic mass is 10.00. The molecule has 0 saturated carbocycles. The first kappa shape index (κ1) is 9.27. The predicted octanol–water partition coefficient (Wildman–Crippen LogP) is 1.87. The molecule has 0 saturated heterocycles. The first-order chi connectivity index (χ1) is 6.06. The van der Waals surface area contributed by atoms with Gasteiger partial charge in [-0.15, -0.1) is 0 Å². The molecular formula is C10H9NO2. The van der Waals surface area contributed by atoms with Gasteiger partial charge in [0.05, 0.1) is 17.2 Å². The molecule has 0 radical (unpaired) electrons. The van der Waals surface area contributed by atoms with Crippen molar-refractivity contribution in [3.63, 3.8) is 0 Å². The van der Waals surface area contributed by atoms with Crippen molar-refractivity contribution in [1.29, 1.82) is 5.26 Å². The van der Waals surface area contributed by atoms with E-state index in [4.69, 9.17) is 10.4 Å². The Morgan fingerprint density at radius 2 is 1.85 bits per heavy atom. The van der Waals surface area contributed by atoms with Gasteiger partial charge in [0.15, 0.2) is 0 Å². The van der Waals surface area contributed by atoms with Gasteiger partial charge in [-0.2, -0.15) is 5.26 Å². The molecule has 0 bridgehead atoms. The smallest absolute Gasteiger partial charge is 0.336 e. The van der Waals surface area contributed by atoms with Crippen LogP contribution in [0.1, 0.15) is 27.0 Å². The van der Waals surface area contributed by atoms with E-state index < -0.39 is 5.97 Å². The topological polar surface area (TPSA) is 61.1 Å². The number of carboxylic acids is 1. The highest BCUT2D eigenvalue weighted by atomic mass is 16.4. The van der Waals surface area contributed by atoms with E-state index in [9.17, 15) is 4.79 Å². The molecular weight excluding hydrogens is 166 g/mol. The van der Waals surface area contributed by atoms with E-state index in [2.05, 4.69) is 0 Å². The van der Waals surface area contributed by atoms with Crippen LogP contribution in [0.4, 0.5) is 0 Å². The van der Waals surface area contributed by atoms with Crippen LogP contribution in [0.5, 0.6) is 0 Å². The Morgan fingerprint density at radius 3 is 2.15 bits per heavy atom. The van der Waals surface area contributed by atoms with Crippen LogP contribution in [-0.4, -0.2) is 11.1 Å². The van der Waals surface area contributed by atoms with Gasteiger partial charge >= 0.3 is 5.97 Å². The normalized spacial score (nSPS) is 9.31. The van der Waals surface area contributed by atoms with E-state index in [0.717, 1.165) is 0 Å². The molecule has 0 aliphatic heterocycles. The molecule has 0 atom stereocenters. The van der Waals surface area contributed by atoms with Crippen LogP contribution in [0.25, 0.3) is 0 Å². The van der Waals surface area contributed by atoms with Gasteiger partial charge in [0, 0.05) is 0 Å². The number of hydrogen-bond acceptors (Lipinski definition) is 2. The van der Waals surface area contributed by atoms with Gasteiger partial charge in [0.25, 0.3) is 0 Å². The van der Waals surface area contributed by atoms with E-state index in [1.165, 1.54) is 0 Å². The number of carboxylic acid groups (broad SMARTS) is 1. The molecule has 66 valence electrons. The Hall–Kier alpha value is -1.82. The van der Waals surface area contributed by atoms with E-state index in [-0.39, 0.29) is 0 Å². The third kappa shape index (κ3) is 1.67. The summed E-state index contributed by atoms with van der Waals surface area (Å²) >= 11 is 0. The molecule has 1 aromatic carbocycles. The lowest BCUT2D eigenvalue weighted by molar-refractivity contribution is 0.0695. The van der Waals surface area contributed by atoms with Crippen LogP contribution in [0.15, 0.2) is 12.1 Å². The second-order valence-corrected chi connectivity index (χ2v) is 2.90. The van der Waals surface area contributed by atoms with Crippen molar-refractivity contribution < 1.29 is 9.90 Å². The monoisotopic (exact) mass is 175 g/mol. The fraction of sp³-hybridized carbons (Fsp3) is 0.200. The number of hydrogen-bond donors (Lipinski definition) is 1. The Kier molecular flexibility index (Phi) is 2.34. The zero-order valence-electron chi connectivity index (χ0n) is 7.46. The summed E-state index contributed by atoms with van der Waals surface area (Å²) in [5, 5.41) is 17.4. The number of aryl methyl sites for hydroxylation is 2. The molecule has 1 aromatic rings. The number of carbonyl (C=O) groups is 1. The minimum atomic E-state index is -0.945. The maximum Gasteiger partial charge on any atom is 0.336 e. The van der Waals surface area contributed by atoms with E-state index in [1.54, 1.807) is 26.0 Å². The molecule has 0 fully saturated rings. The number of nitrogens with zero attached hydrogens (tertiary/aromatic N) is 1. The van der Waals surface area contributed by atoms with E-state index in [1.807, 2.05) is 6.07 Å². The van der Waals surface area contributed by atoms with Crippen LogP contribution >= 0.6 is 0 Å². The third-order valence-electron chi connectivity index (χ3n) is 1.88. The predicted molar refractivity (Wildman–Crippen MR) is 47.6 cm³/mol. The van der Waals surface area contributed by atoms with Gasteiger partial charge in [-0.25, -0.2) is 4.79 Å². The summed E-state index contributed by atoms with van der Waals surface area (Å²) in [6.45, 7) is 3.38. The molecule has 13 heavy (non-hydrogen) atoms. The molecule has 3 heteroatoms. The zero-order chi connectivity index (χ0) is 10.0. The lowest BCUT2D eigenvalue weighted by Crippen LogP contribution is -2.03. The third-order valence-corrected chi connectivity index (χ3v) is 1.88. The van der Waals surface area contributed by atoms with Crippen molar-refractivity contribution in [2.75, 3.05) is 0 Å². The van der Waals surface area contributed by atoms with Crippen LogP contribution in [0.2, 0.25) is 0 Å². The molecule has 0 heterocycles. The summed E-state index contributed by atoms with van der Waals surface area (Å²) in [7, 11) is 0. The number of benzene rings is 1. The van der Waals surface area contributed by atoms with Gasteiger partial charge in [0.2, 0.25) is 0 Å². The molecule has 0 amide bonds. The van der Waals surface area contributed by atoms with Crippen LogP contribution < -0.4 is 0 Å². The van der Waals surface area contributed by atoms with Crippen molar-refractivity contribution in [2.24, 2.45) is 0 Å². The van der Waals surface area contributed by atoms with Crippen LogP contribution in [0, 0.1) is 25.2 Å². The summed E-state index contributed by atoms with van der Waals surface area (Å²) in [5.74, 6) is -0.945. The van der Waals surface area contributed by atoms with Gasteiger partial charge in [0.1, 0.15) is 0 Å². The minimum Gasteiger partial charge on any atom is -0.478 e. The highest BCUT2D eigenvalue weighted by Crippen LogP contribution is 2.15. The average Bonchev–Trinajstić information content (AvgIpc) is 2.02. The summed E-state index contributed by atoms with van der Waals surface area (Å²) < 4.78 is 0. The van der Waals surface area contributed by atoms with Crippen LogP contribution in [0.3, 0.4) is 0 Å². The highest BCUT2D eigenvalue weighted by molar-refractivity contribution is 5.91. The maximum absolute atomic E-state index is 10.8. The summed E-state index contributed by atoms with van der Waals surface area (Å²) in [6, 6.07) is 5.14. The number of rotatable bonds is 1. The quantitative estimate of drug-likeness (QED) is 0.708. The molecule has 0 aliphatic rings. The Labute approximate surface area is 76.2 Å².